The zero-order chi connectivity index (χ0) is 11.7. The fourth-order valence-corrected chi connectivity index (χ4v) is 1.14. The van der Waals surface area contributed by atoms with Crippen LogP contribution in [0.5, 0.6) is 0 Å². The Labute approximate surface area is 92.4 Å². The van der Waals surface area contributed by atoms with Crippen LogP contribution in [0.4, 0.5) is 0 Å². The molecule has 0 aliphatic heterocycles. The van der Waals surface area contributed by atoms with Crippen molar-refractivity contribution in [3.05, 3.63) is 0 Å². The van der Waals surface area contributed by atoms with Gasteiger partial charge in [0.05, 0.1) is 6.54 Å². The summed E-state index contributed by atoms with van der Waals surface area (Å²) >= 11 is 0. The third kappa shape index (κ3) is 9.69. The second-order valence-corrected chi connectivity index (χ2v) is 4.45. The number of carbonyl (C=O) groups is 1. The molecule has 1 amide bonds. The molecule has 0 rings (SSSR count). The first kappa shape index (κ1) is 14.4. The topological polar surface area (TPSA) is 61.4 Å². The summed E-state index contributed by atoms with van der Waals surface area (Å²) in [6, 6.07) is 0. The molecule has 1 atom stereocenters. The zero-order valence-electron chi connectivity index (χ0n) is 10.0. The summed E-state index contributed by atoms with van der Waals surface area (Å²) in [7, 11) is 0. The number of rotatable bonds is 8. The highest BCUT2D eigenvalue weighted by molar-refractivity contribution is 5.77. The Morgan fingerprint density at radius 3 is 2.47 bits per heavy atom. The molecule has 0 radical (unpaired) electrons. The summed E-state index contributed by atoms with van der Waals surface area (Å²) in [6.07, 6.45) is 0.778. The van der Waals surface area contributed by atoms with Crippen LogP contribution >= 0.6 is 0 Å². The maximum Gasteiger partial charge on any atom is 0.233 e. The smallest absolute Gasteiger partial charge is 0.233 e. The van der Waals surface area contributed by atoms with Crippen molar-refractivity contribution < 1.29 is 9.90 Å². The van der Waals surface area contributed by atoms with Crippen molar-refractivity contribution in [3.8, 4) is 0 Å². The highest BCUT2D eigenvalue weighted by Gasteiger charge is 2.04. The summed E-state index contributed by atoms with van der Waals surface area (Å²) in [4.78, 5) is 11.3. The summed E-state index contributed by atoms with van der Waals surface area (Å²) in [6.45, 7) is 8.26. The van der Waals surface area contributed by atoms with Crippen molar-refractivity contribution in [2.75, 3.05) is 26.2 Å². The maximum absolute atomic E-state index is 11.3. The molecule has 4 nitrogen and oxygen atoms in total. The van der Waals surface area contributed by atoms with Gasteiger partial charge in [-0.2, -0.15) is 0 Å². The van der Waals surface area contributed by atoms with Crippen molar-refractivity contribution >= 4 is 5.91 Å². The lowest BCUT2D eigenvalue weighted by atomic mass is 10.1. The van der Waals surface area contributed by atoms with Crippen LogP contribution in [0.15, 0.2) is 0 Å². The average molecular weight is 216 g/mol. The van der Waals surface area contributed by atoms with E-state index in [0.717, 1.165) is 19.5 Å². The number of aliphatic hydroxyl groups is 1. The number of hydrogen-bond acceptors (Lipinski definition) is 3. The molecule has 0 aromatic carbocycles. The van der Waals surface area contributed by atoms with Crippen LogP contribution in [0, 0.1) is 11.8 Å². The van der Waals surface area contributed by atoms with E-state index in [1.54, 1.807) is 0 Å². The average Bonchev–Trinajstić information content (AvgIpc) is 2.15. The Bertz CT molecular complexity index is 172. The van der Waals surface area contributed by atoms with Crippen molar-refractivity contribution in [1.82, 2.24) is 10.6 Å². The van der Waals surface area contributed by atoms with Crippen LogP contribution in [-0.4, -0.2) is 37.3 Å². The fraction of sp³-hybridized carbons (Fsp3) is 0.909. The molecule has 0 saturated heterocycles. The molecule has 3 N–H and O–H groups in total. The van der Waals surface area contributed by atoms with Gasteiger partial charge < -0.3 is 15.7 Å². The monoisotopic (exact) mass is 216 g/mol. The fourth-order valence-electron chi connectivity index (χ4n) is 1.14. The molecule has 15 heavy (non-hydrogen) atoms. The van der Waals surface area contributed by atoms with Gasteiger partial charge in [-0.05, 0) is 24.8 Å². The predicted molar refractivity (Wildman–Crippen MR) is 61.6 cm³/mol. The highest BCUT2D eigenvalue weighted by atomic mass is 16.3. The first-order valence-corrected chi connectivity index (χ1v) is 5.64. The van der Waals surface area contributed by atoms with E-state index in [9.17, 15) is 4.79 Å². The molecule has 0 fully saturated rings. The van der Waals surface area contributed by atoms with Crippen LogP contribution in [-0.2, 0) is 4.79 Å². The minimum absolute atomic E-state index is 0.0416. The van der Waals surface area contributed by atoms with Gasteiger partial charge in [-0.15, -0.1) is 0 Å². The minimum Gasteiger partial charge on any atom is -0.396 e. The van der Waals surface area contributed by atoms with E-state index in [0.29, 0.717) is 18.4 Å². The van der Waals surface area contributed by atoms with E-state index in [-0.39, 0.29) is 12.5 Å². The van der Waals surface area contributed by atoms with Gasteiger partial charge in [0.15, 0.2) is 0 Å². The third-order valence-electron chi connectivity index (χ3n) is 2.11. The molecule has 0 heterocycles. The second-order valence-electron chi connectivity index (χ2n) is 4.45. The van der Waals surface area contributed by atoms with Crippen LogP contribution in [0.1, 0.15) is 27.2 Å². The number of hydrogen-bond donors (Lipinski definition) is 3. The molecule has 90 valence electrons. The minimum atomic E-state index is 0.0416. The number of amides is 1. The largest absolute Gasteiger partial charge is 0.396 e. The Morgan fingerprint density at radius 1 is 1.27 bits per heavy atom. The van der Waals surface area contributed by atoms with Gasteiger partial charge in [-0.3, -0.25) is 4.79 Å². The molecule has 0 aromatic heterocycles. The molecule has 0 spiro atoms. The van der Waals surface area contributed by atoms with E-state index in [1.165, 1.54) is 0 Å². The Morgan fingerprint density at radius 2 is 1.93 bits per heavy atom. The lowest BCUT2D eigenvalue weighted by molar-refractivity contribution is -0.120. The summed E-state index contributed by atoms with van der Waals surface area (Å²) in [5.41, 5.74) is 0. The molecule has 0 aliphatic rings. The molecule has 4 heteroatoms. The summed E-state index contributed by atoms with van der Waals surface area (Å²) in [5.74, 6) is 0.940. The molecule has 0 bridgehead atoms. The van der Waals surface area contributed by atoms with E-state index in [1.807, 2.05) is 0 Å². The van der Waals surface area contributed by atoms with Gasteiger partial charge in [-0.1, -0.05) is 20.8 Å². The van der Waals surface area contributed by atoms with Gasteiger partial charge in [0.1, 0.15) is 0 Å². The van der Waals surface area contributed by atoms with Crippen LogP contribution in [0.25, 0.3) is 0 Å². The Balaban J connectivity index is 3.38. The summed E-state index contributed by atoms with van der Waals surface area (Å²) < 4.78 is 0. The lowest BCUT2D eigenvalue weighted by Gasteiger charge is -2.11. The van der Waals surface area contributed by atoms with Gasteiger partial charge in [0, 0.05) is 13.2 Å². The second kappa shape index (κ2) is 8.68. The molecular formula is C11H24N2O2. The first-order valence-electron chi connectivity index (χ1n) is 5.64. The standard InChI is InChI=1S/C11H24N2O2/c1-9(2)6-13-11(15)8-12-7-10(3)4-5-14/h9-10,12,14H,4-8H2,1-3H3,(H,13,15). The first-order chi connectivity index (χ1) is 7.06. The van der Waals surface area contributed by atoms with E-state index in [4.69, 9.17) is 5.11 Å². The van der Waals surface area contributed by atoms with Crippen LogP contribution in [0.2, 0.25) is 0 Å². The highest BCUT2D eigenvalue weighted by Crippen LogP contribution is 1.97. The third-order valence-corrected chi connectivity index (χ3v) is 2.11. The van der Waals surface area contributed by atoms with Crippen molar-refractivity contribution in [2.24, 2.45) is 11.8 Å². The Hall–Kier alpha value is -0.610. The maximum atomic E-state index is 11.3. The number of aliphatic hydroxyl groups excluding tert-OH is 1. The Kier molecular flexibility index (Phi) is 8.33. The molecular weight excluding hydrogens is 192 g/mol. The quantitative estimate of drug-likeness (QED) is 0.549. The van der Waals surface area contributed by atoms with Crippen molar-refractivity contribution in [2.45, 2.75) is 27.2 Å². The van der Waals surface area contributed by atoms with Gasteiger partial charge >= 0.3 is 0 Å². The summed E-state index contributed by atoms with van der Waals surface area (Å²) in [5, 5.41) is 14.6. The number of nitrogens with one attached hydrogen (secondary N) is 2. The van der Waals surface area contributed by atoms with Crippen molar-refractivity contribution in [3.63, 3.8) is 0 Å². The number of carbonyl (C=O) groups excluding carboxylic acids is 1. The molecule has 0 aliphatic carbocycles. The van der Waals surface area contributed by atoms with Crippen LogP contribution in [0.3, 0.4) is 0 Å². The molecule has 0 aromatic rings. The zero-order valence-corrected chi connectivity index (χ0v) is 10.0. The van der Waals surface area contributed by atoms with Crippen LogP contribution < -0.4 is 10.6 Å². The van der Waals surface area contributed by atoms with Crippen molar-refractivity contribution in [1.29, 1.82) is 0 Å². The van der Waals surface area contributed by atoms with E-state index >= 15 is 0 Å². The normalized spacial score (nSPS) is 12.9. The molecule has 1 unspecified atom stereocenters. The van der Waals surface area contributed by atoms with Gasteiger partial charge in [0.2, 0.25) is 5.91 Å². The predicted octanol–water partition coefficient (Wildman–Crippen LogP) is 0.367. The SMILES string of the molecule is CC(C)CNC(=O)CNCC(C)CCO. The van der Waals surface area contributed by atoms with Gasteiger partial charge in [0.25, 0.3) is 0 Å². The molecule has 0 saturated carbocycles. The van der Waals surface area contributed by atoms with Gasteiger partial charge in [-0.25, -0.2) is 0 Å². The van der Waals surface area contributed by atoms with E-state index < -0.39 is 0 Å². The van der Waals surface area contributed by atoms with E-state index in [2.05, 4.69) is 31.4 Å². The lowest BCUT2D eigenvalue weighted by Crippen LogP contribution is -2.37.